The first-order chi connectivity index (χ1) is 10.1. The molecule has 0 aliphatic carbocycles. The van der Waals surface area contributed by atoms with Gasteiger partial charge in [0.1, 0.15) is 0 Å². The minimum atomic E-state index is -1.26. The van der Waals surface area contributed by atoms with Crippen molar-refractivity contribution in [3.8, 4) is 0 Å². The molecule has 0 fully saturated rings. The van der Waals surface area contributed by atoms with E-state index >= 15 is 0 Å². The molecule has 0 bridgehead atoms. The van der Waals surface area contributed by atoms with Gasteiger partial charge in [0.05, 0.1) is 6.10 Å². The summed E-state index contributed by atoms with van der Waals surface area (Å²) in [4.78, 5) is 19.1. The molecule has 1 rings (SSSR count). The molecule has 0 aliphatic rings. The van der Waals surface area contributed by atoms with Gasteiger partial charge in [0.2, 0.25) is 0 Å². The highest BCUT2D eigenvalue weighted by Crippen LogP contribution is 2.12. The summed E-state index contributed by atoms with van der Waals surface area (Å²) >= 11 is 0. The summed E-state index contributed by atoms with van der Waals surface area (Å²) in [6, 6.07) is 9.71. The summed E-state index contributed by atoms with van der Waals surface area (Å²) in [5, 5.41) is 28.7. The number of carboxylic acid groups (broad SMARTS) is 2. The van der Waals surface area contributed by atoms with Crippen LogP contribution in [0.5, 0.6) is 0 Å². The highest BCUT2D eigenvalue weighted by molar-refractivity contribution is 5.89. The minimum Gasteiger partial charge on any atom is -0.478 e. The Labute approximate surface area is 130 Å². The Hall–Kier alpha value is -2.18. The average molecular weight is 309 g/mol. The van der Waals surface area contributed by atoms with Gasteiger partial charge in [-0.3, -0.25) is 0 Å². The zero-order chi connectivity index (χ0) is 17.2. The Morgan fingerprint density at radius 1 is 1.09 bits per heavy atom. The molecule has 6 heteroatoms. The number of carbonyl (C=O) groups is 2. The van der Waals surface area contributed by atoms with E-state index in [1.807, 2.05) is 30.3 Å². The summed E-state index contributed by atoms with van der Waals surface area (Å²) in [6.45, 7) is 6.85. The summed E-state index contributed by atoms with van der Waals surface area (Å²) in [6.07, 6.45) is 0.695. The van der Waals surface area contributed by atoms with Crippen molar-refractivity contribution in [1.29, 1.82) is 0 Å². The predicted octanol–water partition coefficient (Wildman–Crippen LogP) is 1.82. The Balaban J connectivity index is 0.000000472. The zero-order valence-corrected chi connectivity index (χ0v) is 13.0. The quantitative estimate of drug-likeness (QED) is 0.618. The molecule has 22 heavy (non-hydrogen) atoms. The van der Waals surface area contributed by atoms with Gasteiger partial charge in [0.15, 0.2) is 0 Å². The maximum absolute atomic E-state index is 9.82. The van der Waals surface area contributed by atoms with Crippen molar-refractivity contribution in [3.63, 3.8) is 0 Å². The summed E-state index contributed by atoms with van der Waals surface area (Å²) in [5.74, 6) is -2.51. The highest BCUT2D eigenvalue weighted by Gasteiger charge is 2.12. The number of aliphatic carboxylic acids is 2. The predicted molar refractivity (Wildman–Crippen MR) is 83.6 cm³/mol. The molecule has 1 aromatic carbocycles. The van der Waals surface area contributed by atoms with Crippen molar-refractivity contribution in [3.05, 3.63) is 48.0 Å². The van der Waals surface area contributed by atoms with Gasteiger partial charge < -0.3 is 20.6 Å². The van der Waals surface area contributed by atoms with Crippen LogP contribution in [0, 0.1) is 0 Å². The van der Waals surface area contributed by atoms with Gasteiger partial charge in [-0.15, -0.1) is 0 Å². The second-order valence-electron chi connectivity index (χ2n) is 5.57. The van der Waals surface area contributed by atoms with Crippen molar-refractivity contribution in [2.24, 2.45) is 0 Å². The first-order valence-corrected chi connectivity index (χ1v) is 6.74. The first-order valence-electron chi connectivity index (χ1n) is 6.74. The Morgan fingerprint density at radius 3 is 1.91 bits per heavy atom. The number of benzene rings is 1. The minimum absolute atomic E-state index is 0.0513. The third kappa shape index (κ3) is 11.6. The topological polar surface area (TPSA) is 107 Å². The van der Waals surface area contributed by atoms with Crippen LogP contribution in [-0.4, -0.2) is 39.3 Å². The lowest BCUT2D eigenvalue weighted by Crippen LogP contribution is -2.38. The monoisotopic (exact) mass is 309 g/mol. The van der Waals surface area contributed by atoms with E-state index in [2.05, 4.69) is 26.1 Å². The van der Waals surface area contributed by atoms with Gasteiger partial charge in [-0.1, -0.05) is 30.3 Å². The van der Waals surface area contributed by atoms with Crippen LogP contribution in [0.15, 0.2) is 42.5 Å². The van der Waals surface area contributed by atoms with E-state index in [0.29, 0.717) is 18.7 Å². The number of carboxylic acids is 2. The molecule has 0 saturated heterocycles. The molecule has 1 aromatic rings. The lowest BCUT2D eigenvalue weighted by atomic mass is 10.1. The van der Waals surface area contributed by atoms with Crippen LogP contribution in [0.25, 0.3) is 0 Å². The van der Waals surface area contributed by atoms with Crippen molar-refractivity contribution in [2.75, 3.05) is 6.54 Å². The Bertz CT molecular complexity index is 475. The van der Waals surface area contributed by atoms with Gasteiger partial charge in [-0.25, -0.2) is 9.59 Å². The fourth-order valence-electron chi connectivity index (χ4n) is 1.34. The fourth-order valence-corrected chi connectivity index (χ4v) is 1.34. The van der Waals surface area contributed by atoms with Crippen molar-refractivity contribution in [1.82, 2.24) is 5.32 Å². The van der Waals surface area contributed by atoms with Gasteiger partial charge in [-0.05, 0) is 26.3 Å². The summed E-state index contributed by atoms with van der Waals surface area (Å²) in [5.41, 5.74) is 1.01. The first kappa shape index (κ1) is 19.8. The number of hydrogen-bond acceptors (Lipinski definition) is 4. The molecule has 6 nitrogen and oxygen atoms in total. The molecule has 0 aromatic heterocycles. The van der Waals surface area contributed by atoms with Crippen LogP contribution >= 0.6 is 0 Å². The van der Waals surface area contributed by atoms with E-state index in [-0.39, 0.29) is 5.54 Å². The normalized spacial score (nSPS) is 12.4. The zero-order valence-electron chi connectivity index (χ0n) is 13.0. The molecule has 0 heterocycles. The van der Waals surface area contributed by atoms with Gasteiger partial charge in [0.25, 0.3) is 0 Å². The molecule has 122 valence electrons. The lowest BCUT2D eigenvalue weighted by molar-refractivity contribution is -0.134. The maximum Gasteiger partial charge on any atom is 0.328 e. The molecule has 0 spiro atoms. The number of nitrogens with one attached hydrogen (secondary N) is 1. The summed E-state index contributed by atoms with van der Waals surface area (Å²) < 4.78 is 0. The smallest absolute Gasteiger partial charge is 0.328 e. The number of rotatable bonds is 5. The number of hydrogen-bond donors (Lipinski definition) is 4. The van der Waals surface area contributed by atoms with Gasteiger partial charge in [0, 0.05) is 24.2 Å². The molecule has 0 saturated carbocycles. The van der Waals surface area contributed by atoms with Crippen molar-refractivity contribution < 1.29 is 24.9 Å². The second kappa shape index (κ2) is 9.70. The molecule has 4 N–H and O–H groups in total. The lowest BCUT2D eigenvalue weighted by Gasteiger charge is -2.23. The maximum atomic E-state index is 9.82. The molecule has 1 unspecified atom stereocenters. The van der Waals surface area contributed by atoms with E-state index in [4.69, 9.17) is 10.2 Å². The van der Waals surface area contributed by atoms with E-state index in [1.54, 1.807) is 0 Å². The molecule has 1 atom stereocenters. The van der Waals surface area contributed by atoms with E-state index < -0.39 is 18.0 Å². The number of aliphatic hydroxyl groups excluding tert-OH is 1. The largest absolute Gasteiger partial charge is 0.478 e. The van der Waals surface area contributed by atoms with E-state index in [0.717, 1.165) is 5.56 Å². The third-order valence-corrected chi connectivity index (χ3v) is 2.38. The van der Waals surface area contributed by atoms with Gasteiger partial charge in [-0.2, -0.15) is 0 Å². The fraction of sp³-hybridized carbons (Fsp3) is 0.375. The highest BCUT2D eigenvalue weighted by atomic mass is 16.4. The van der Waals surface area contributed by atoms with Gasteiger partial charge >= 0.3 is 11.9 Å². The van der Waals surface area contributed by atoms with Crippen LogP contribution < -0.4 is 5.32 Å². The Kier molecular flexibility index (Phi) is 8.74. The molecular formula is C16H23NO5. The Morgan fingerprint density at radius 2 is 1.55 bits per heavy atom. The SMILES string of the molecule is CC(C)(C)NCC(O)c1ccccc1.O=C(O)/C=C/C(=O)O. The number of aliphatic hydroxyl groups is 1. The van der Waals surface area contributed by atoms with Crippen LogP contribution in [0.2, 0.25) is 0 Å². The molecular weight excluding hydrogens is 286 g/mol. The van der Waals surface area contributed by atoms with Crippen LogP contribution in [0.4, 0.5) is 0 Å². The third-order valence-electron chi connectivity index (χ3n) is 2.38. The van der Waals surface area contributed by atoms with Crippen LogP contribution in [0.3, 0.4) is 0 Å². The van der Waals surface area contributed by atoms with Crippen LogP contribution in [0.1, 0.15) is 32.4 Å². The van der Waals surface area contributed by atoms with Crippen molar-refractivity contribution >= 4 is 11.9 Å². The molecule has 0 radical (unpaired) electrons. The molecule has 0 amide bonds. The standard InChI is InChI=1S/C12H19NO.C4H4O4/c1-12(2,3)13-9-11(14)10-7-5-4-6-8-10;5-3(6)1-2-4(7)8/h4-8,11,13-14H,9H2,1-3H3;1-2H,(H,5,6)(H,7,8)/b;2-1+. The summed E-state index contributed by atoms with van der Waals surface area (Å²) in [7, 11) is 0. The van der Waals surface area contributed by atoms with Crippen molar-refractivity contribution in [2.45, 2.75) is 32.4 Å². The van der Waals surface area contributed by atoms with E-state index in [1.165, 1.54) is 0 Å². The number of β-amino-alcohol motifs (C(OH)–C–C–N with tert-alkyl or cyclic N) is 1. The molecule has 0 aliphatic heterocycles. The van der Waals surface area contributed by atoms with Crippen LogP contribution in [-0.2, 0) is 9.59 Å². The average Bonchev–Trinajstić information content (AvgIpc) is 2.43. The van der Waals surface area contributed by atoms with E-state index in [9.17, 15) is 14.7 Å². The second-order valence-corrected chi connectivity index (χ2v) is 5.57.